The van der Waals surface area contributed by atoms with Crippen LogP contribution in [0.2, 0.25) is 0 Å². The van der Waals surface area contributed by atoms with Gasteiger partial charge in [-0.1, -0.05) is 102 Å². The second-order valence-electron chi connectivity index (χ2n) is 15.9. The summed E-state index contributed by atoms with van der Waals surface area (Å²) in [5, 5.41) is 4.14. The smallest absolute Gasteiger partial charge is 0.257 e. The number of carbonyl (C=O) groups is 3. The van der Waals surface area contributed by atoms with Crippen LogP contribution in [0, 0.1) is 11.6 Å². The Bertz CT molecular complexity index is 1790. The van der Waals surface area contributed by atoms with Crippen molar-refractivity contribution in [2.45, 2.75) is 135 Å². The lowest BCUT2D eigenvalue weighted by molar-refractivity contribution is -0.132. The van der Waals surface area contributed by atoms with Gasteiger partial charge < -0.3 is 20.1 Å². The van der Waals surface area contributed by atoms with E-state index in [9.17, 15) is 23.2 Å². The molecule has 2 aliphatic rings. The fraction of sp³-hybridized carbons (Fsp3) is 0.533. The second kappa shape index (κ2) is 19.9. The van der Waals surface area contributed by atoms with E-state index in [2.05, 4.69) is 29.4 Å². The van der Waals surface area contributed by atoms with Crippen molar-refractivity contribution in [2.75, 3.05) is 19.6 Å². The number of amides is 3. The lowest BCUT2D eigenvalue weighted by Gasteiger charge is -2.32. The van der Waals surface area contributed by atoms with Crippen LogP contribution >= 0.6 is 0 Å². The third-order valence-electron chi connectivity index (χ3n) is 11.0. The molecule has 0 atom stereocenters. The van der Waals surface area contributed by atoms with Crippen LogP contribution in [0.4, 0.5) is 8.78 Å². The van der Waals surface area contributed by atoms with Gasteiger partial charge >= 0.3 is 0 Å². The molecular formula is C45H60F2N4O3. The van der Waals surface area contributed by atoms with Crippen molar-refractivity contribution in [3.05, 3.63) is 89.3 Å². The molecule has 7 nitrogen and oxygen atoms in total. The number of hydrogen-bond donors (Lipinski definition) is 2. The number of fused-ring (bicyclic) bond motifs is 3. The number of aromatic nitrogens is 1. The van der Waals surface area contributed by atoms with Crippen LogP contribution < -0.4 is 5.32 Å². The Balaban J connectivity index is 1.11. The molecule has 5 rings (SSSR count). The number of allylic oxidation sites excluding steroid dienone is 2. The minimum atomic E-state index is -1.11. The first kappa shape index (κ1) is 40.9. The predicted molar refractivity (Wildman–Crippen MR) is 214 cm³/mol. The highest BCUT2D eigenvalue weighted by atomic mass is 19.2. The minimum absolute atomic E-state index is 0.00469. The maximum atomic E-state index is 14.2. The minimum Gasteiger partial charge on any atom is -0.354 e. The average molecular weight is 743 g/mol. The van der Waals surface area contributed by atoms with Gasteiger partial charge in [-0.05, 0) is 74.8 Å². The first-order valence-electron chi connectivity index (χ1n) is 20.4. The van der Waals surface area contributed by atoms with Crippen LogP contribution in [0.1, 0.15) is 145 Å². The quantitative estimate of drug-likeness (QED) is 0.101. The molecule has 2 aliphatic heterocycles. The van der Waals surface area contributed by atoms with Crippen molar-refractivity contribution in [2.24, 2.45) is 0 Å². The van der Waals surface area contributed by atoms with Crippen LogP contribution in [0.25, 0.3) is 16.5 Å². The summed E-state index contributed by atoms with van der Waals surface area (Å²) in [6, 6.07) is 10.8. The van der Waals surface area contributed by atoms with Crippen LogP contribution in [-0.2, 0) is 15.0 Å². The van der Waals surface area contributed by atoms with Gasteiger partial charge in [-0.3, -0.25) is 14.4 Å². The van der Waals surface area contributed by atoms with Crippen molar-refractivity contribution in [1.82, 2.24) is 20.1 Å². The topological polar surface area (TPSA) is 85.5 Å². The Morgan fingerprint density at radius 2 is 1.50 bits per heavy atom. The van der Waals surface area contributed by atoms with E-state index in [-0.39, 0.29) is 30.0 Å². The molecule has 2 N–H and O–H groups in total. The number of benzene rings is 2. The summed E-state index contributed by atoms with van der Waals surface area (Å²) in [6.45, 7) is 7.66. The molecule has 9 heteroatoms. The largest absolute Gasteiger partial charge is 0.354 e. The normalized spacial score (nSPS) is 16.1. The number of rotatable bonds is 18. The van der Waals surface area contributed by atoms with Crippen molar-refractivity contribution < 1.29 is 23.2 Å². The van der Waals surface area contributed by atoms with Gasteiger partial charge in [0.1, 0.15) is 0 Å². The average Bonchev–Trinajstić information content (AvgIpc) is 3.51. The van der Waals surface area contributed by atoms with Crippen LogP contribution in [0.15, 0.2) is 60.8 Å². The number of unbranched alkanes of at least 4 members (excludes halogenated alkanes) is 11. The van der Waals surface area contributed by atoms with Gasteiger partial charge in [-0.15, -0.1) is 0 Å². The SMILES string of the molecule is CCCCCCCC/C=C\CCCCCCCC(=O)N1CCC(NC(=O)C2=CN(C(=O)c3ccc(F)c(F)c3)CC(C)(C)c3c2[nH]c2ccccc32)CC1. The van der Waals surface area contributed by atoms with Crippen LogP contribution in [0.3, 0.4) is 0 Å². The van der Waals surface area contributed by atoms with E-state index < -0.39 is 23.0 Å². The molecule has 1 saturated heterocycles. The summed E-state index contributed by atoms with van der Waals surface area (Å²) in [5.41, 5.74) is 2.12. The molecule has 1 aromatic heterocycles. The number of H-pyrrole nitrogens is 1. The molecule has 0 unspecified atom stereocenters. The highest BCUT2D eigenvalue weighted by Gasteiger charge is 2.38. The molecule has 0 bridgehead atoms. The highest BCUT2D eigenvalue weighted by Crippen LogP contribution is 2.40. The Labute approximate surface area is 320 Å². The summed E-state index contributed by atoms with van der Waals surface area (Å²) < 4.78 is 27.9. The van der Waals surface area contributed by atoms with Gasteiger partial charge in [0.05, 0.1) is 11.3 Å². The molecule has 3 heterocycles. The number of piperidine rings is 1. The van der Waals surface area contributed by atoms with Gasteiger partial charge in [0.15, 0.2) is 11.6 Å². The number of likely N-dealkylation sites (tertiary alicyclic amines) is 1. The van der Waals surface area contributed by atoms with Crippen LogP contribution in [-0.4, -0.2) is 58.2 Å². The molecule has 3 aromatic rings. The number of hydrogen-bond acceptors (Lipinski definition) is 3. The summed E-state index contributed by atoms with van der Waals surface area (Å²) in [6.07, 6.45) is 24.0. The number of aromatic amines is 1. The van der Waals surface area contributed by atoms with Crippen molar-refractivity contribution in [1.29, 1.82) is 0 Å². The molecule has 0 radical (unpaired) electrons. The lowest BCUT2D eigenvalue weighted by Crippen LogP contribution is -2.46. The Kier molecular flexibility index (Phi) is 15.1. The van der Waals surface area contributed by atoms with Crippen LogP contribution in [0.5, 0.6) is 0 Å². The van der Waals surface area contributed by atoms with E-state index in [1.807, 2.05) is 43.0 Å². The zero-order valence-corrected chi connectivity index (χ0v) is 32.7. The van der Waals surface area contributed by atoms with E-state index in [1.54, 1.807) is 0 Å². The predicted octanol–water partition coefficient (Wildman–Crippen LogP) is 10.4. The number of para-hydroxylation sites is 1. The van der Waals surface area contributed by atoms with E-state index in [0.29, 0.717) is 43.6 Å². The summed E-state index contributed by atoms with van der Waals surface area (Å²) in [5.74, 6) is -2.82. The van der Waals surface area contributed by atoms with Gasteiger partial charge in [-0.25, -0.2) is 8.78 Å². The molecule has 3 amide bonds. The first-order valence-corrected chi connectivity index (χ1v) is 20.4. The zero-order valence-electron chi connectivity index (χ0n) is 32.7. The summed E-state index contributed by atoms with van der Waals surface area (Å²) >= 11 is 0. The number of halogens is 2. The molecule has 2 aromatic carbocycles. The first-order chi connectivity index (χ1) is 26.1. The molecule has 1 fully saturated rings. The van der Waals surface area contributed by atoms with E-state index in [1.165, 1.54) is 75.0 Å². The molecule has 0 saturated carbocycles. The molecular weight excluding hydrogens is 683 g/mol. The zero-order chi connectivity index (χ0) is 38.5. The van der Waals surface area contributed by atoms with Crippen molar-refractivity contribution >= 4 is 34.2 Å². The fourth-order valence-electron chi connectivity index (χ4n) is 7.96. The monoisotopic (exact) mass is 742 g/mol. The Hall–Kier alpha value is -4.27. The lowest BCUT2D eigenvalue weighted by atomic mass is 9.81. The van der Waals surface area contributed by atoms with E-state index in [0.717, 1.165) is 54.3 Å². The standard InChI is InChI=1S/C45H60F2N4O3/c1-4-5-6-7-8-9-10-11-12-13-14-15-16-17-18-23-40(52)50-28-26-34(27-29-50)48-43(53)36-31-51(44(54)33-24-25-37(46)38(47)30-33)32-45(2,3)41-35-21-19-20-22-39(35)49-42(36)41/h11-12,19-22,24-25,30-31,34,49H,4-10,13-18,23,26-29,32H2,1-3H3,(H,48,53)/b12-11-. The second-order valence-corrected chi connectivity index (χ2v) is 15.9. The maximum Gasteiger partial charge on any atom is 0.257 e. The molecule has 0 aliphatic carbocycles. The van der Waals surface area contributed by atoms with E-state index in [4.69, 9.17) is 0 Å². The maximum absolute atomic E-state index is 14.2. The third kappa shape index (κ3) is 10.9. The molecule has 54 heavy (non-hydrogen) atoms. The number of nitrogens with zero attached hydrogens (tertiary/aromatic N) is 2. The summed E-state index contributed by atoms with van der Waals surface area (Å²) in [7, 11) is 0. The molecule has 0 spiro atoms. The van der Waals surface area contributed by atoms with Crippen molar-refractivity contribution in [3.8, 4) is 0 Å². The Morgan fingerprint density at radius 1 is 0.852 bits per heavy atom. The number of nitrogens with one attached hydrogen (secondary N) is 2. The number of carbonyl (C=O) groups excluding carboxylic acids is 3. The summed E-state index contributed by atoms with van der Waals surface area (Å²) in [4.78, 5) is 47.7. The highest BCUT2D eigenvalue weighted by molar-refractivity contribution is 6.21. The van der Waals surface area contributed by atoms with Gasteiger partial charge in [0.25, 0.3) is 11.8 Å². The molecule has 292 valence electrons. The van der Waals surface area contributed by atoms with Crippen molar-refractivity contribution in [3.63, 3.8) is 0 Å². The van der Waals surface area contributed by atoms with Gasteiger partial charge in [0, 0.05) is 60.2 Å². The third-order valence-corrected chi connectivity index (χ3v) is 11.0. The van der Waals surface area contributed by atoms with E-state index >= 15 is 0 Å². The Morgan fingerprint density at radius 3 is 2.19 bits per heavy atom. The van der Waals surface area contributed by atoms with Gasteiger partial charge in [0.2, 0.25) is 5.91 Å². The van der Waals surface area contributed by atoms with Gasteiger partial charge in [-0.2, -0.15) is 0 Å². The fourth-order valence-corrected chi connectivity index (χ4v) is 7.96.